The molecule has 5 heteroatoms. The van der Waals surface area contributed by atoms with Crippen molar-refractivity contribution >= 4 is 23.2 Å². The quantitative estimate of drug-likeness (QED) is 0.796. The zero-order valence-electron chi connectivity index (χ0n) is 14.0. The molecule has 0 amide bonds. The summed E-state index contributed by atoms with van der Waals surface area (Å²) >= 11 is 11.9. The average Bonchev–Trinajstić information content (AvgIpc) is 2.61. The lowest BCUT2D eigenvalue weighted by atomic mass is 9.93. The van der Waals surface area contributed by atoms with Crippen LogP contribution in [0.25, 0.3) is 0 Å². The van der Waals surface area contributed by atoms with Crippen LogP contribution >= 0.6 is 23.2 Å². The van der Waals surface area contributed by atoms with Gasteiger partial charge < -0.3 is 10.2 Å². The number of halogens is 2. The second-order valence-electron chi connectivity index (χ2n) is 6.64. The Morgan fingerprint density at radius 2 is 1.60 bits per heavy atom. The second kappa shape index (κ2) is 8.52. The highest BCUT2D eigenvalue weighted by Crippen LogP contribution is 2.32. The number of rotatable bonds is 5. The highest BCUT2D eigenvalue weighted by atomic mass is 35.5. The molecule has 3 rings (SSSR count). The van der Waals surface area contributed by atoms with Crippen molar-refractivity contribution in [1.82, 2.24) is 4.90 Å². The van der Waals surface area contributed by atoms with Gasteiger partial charge in [-0.15, -0.1) is 0 Å². The molecule has 25 heavy (non-hydrogen) atoms. The van der Waals surface area contributed by atoms with Gasteiger partial charge in [0.15, 0.2) is 0 Å². The number of hydrogen-bond donors (Lipinski definition) is 2. The predicted molar refractivity (Wildman–Crippen MR) is 102 cm³/mol. The van der Waals surface area contributed by atoms with E-state index in [1.807, 2.05) is 36.4 Å². The fraction of sp³-hybridized carbons (Fsp3) is 0.400. The van der Waals surface area contributed by atoms with Gasteiger partial charge in [-0.1, -0.05) is 47.5 Å². The van der Waals surface area contributed by atoms with E-state index < -0.39 is 6.10 Å². The maximum absolute atomic E-state index is 10.5. The Kier molecular flexibility index (Phi) is 6.37. The van der Waals surface area contributed by atoms with Gasteiger partial charge >= 0.3 is 0 Å². The summed E-state index contributed by atoms with van der Waals surface area (Å²) in [4.78, 5) is 2.34. The molecule has 134 valence electrons. The molecule has 0 radical (unpaired) electrons. The average molecular weight is 380 g/mol. The van der Waals surface area contributed by atoms with Crippen LogP contribution in [-0.2, 0) is 0 Å². The van der Waals surface area contributed by atoms with Crippen LogP contribution in [0.4, 0.5) is 0 Å². The lowest BCUT2D eigenvalue weighted by Gasteiger charge is -2.38. The molecule has 3 nitrogen and oxygen atoms in total. The first-order valence-corrected chi connectivity index (χ1v) is 9.39. The van der Waals surface area contributed by atoms with Gasteiger partial charge in [0.05, 0.1) is 12.2 Å². The lowest BCUT2D eigenvalue weighted by molar-refractivity contribution is 0.0316. The normalized spacial score (nSPS) is 22.7. The largest absolute Gasteiger partial charge is 0.393 e. The van der Waals surface area contributed by atoms with E-state index >= 15 is 0 Å². The minimum absolute atomic E-state index is 0.151. The molecule has 1 saturated heterocycles. The summed E-state index contributed by atoms with van der Waals surface area (Å²) in [6.45, 7) is 1.59. The third-order valence-electron chi connectivity index (χ3n) is 4.88. The molecule has 1 fully saturated rings. The molecule has 3 atom stereocenters. The van der Waals surface area contributed by atoms with Crippen LogP contribution < -0.4 is 0 Å². The van der Waals surface area contributed by atoms with Crippen LogP contribution in [0.5, 0.6) is 0 Å². The third-order valence-corrected chi connectivity index (χ3v) is 5.39. The smallest absolute Gasteiger partial charge is 0.0802 e. The summed E-state index contributed by atoms with van der Waals surface area (Å²) in [5.41, 5.74) is 2.04. The van der Waals surface area contributed by atoms with Gasteiger partial charge in [0.2, 0.25) is 0 Å². The SMILES string of the molecule is OC1CCN(CCC(O)c2ccc(Cl)cc2)C(c2ccc(Cl)cc2)C1. The topological polar surface area (TPSA) is 43.7 Å². The molecule has 3 unspecified atom stereocenters. The van der Waals surface area contributed by atoms with Crippen molar-refractivity contribution in [2.45, 2.75) is 37.5 Å². The second-order valence-corrected chi connectivity index (χ2v) is 7.51. The molecule has 1 aliphatic rings. The Morgan fingerprint density at radius 3 is 2.24 bits per heavy atom. The van der Waals surface area contributed by atoms with Crippen LogP contribution in [-0.4, -0.2) is 34.3 Å². The van der Waals surface area contributed by atoms with Crippen LogP contribution in [0.3, 0.4) is 0 Å². The number of hydrogen-bond acceptors (Lipinski definition) is 3. The van der Waals surface area contributed by atoms with Crippen molar-refractivity contribution < 1.29 is 10.2 Å². The van der Waals surface area contributed by atoms with Crippen molar-refractivity contribution in [2.24, 2.45) is 0 Å². The number of nitrogens with zero attached hydrogens (tertiary/aromatic N) is 1. The van der Waals surface area contributed by atoms with Crippen LogP contribution in [0, 0.1) is 0 Å². The monoisotopic (exact) mass is 379 g/mol. The molecule has 0 aliphatic carbocycles. The van der Waals surface area contributed by atoms with E-state index in [1.165, 1.54) is 0 Å². The van der Waals surface area contributed by atoms with E-state index in [0.29, 0.717) is 22.9 Å². The maximum atomic E-state index is 10.5. The number of benzene rings is 2. The van der Waals surface area contributed by atoms with Crippen molar-refractivity contribution in [3.05, 3.63) is 69.7 Å². The summed E-state index contributed by atoms with van der Waals surface area (Å²) in [6.07, 6.45) is 1.31. The van der Waals surface area contributed by atoms with E-state index in [1.54, 1.807) is 12.1 Å². The van der Waals surface area contributed by atoms with Crippen LogP contribution in [0.15, 0.2) is 48.5 Å². The van der Waals surface area contributed by atoms with Crippen molar-refractivity contribution in [1.29, 1.82) is 0 Å². The molecule has 2 aromatic carbocycles. The highest BCUT2D eigenvalue weighted by Gasteiger charge is 2.28. The van der Waals surface area contributed by atoms with Gasteiger partial charge in [0.25, 0.3) is 0 Å². The summed E-state index contributed by atoms with van der Waals surface area (Å²) in [6, 6.07) is 15.3. The summed E-state index contributed by atoms with van der Waals surface area (Å²) < 4.78 is 0. The van der Waals surface area contributed by atoms with Gasteiger partial charge in [-0.3, -0.25) is 4.90 Å². The summed E-state index contributed by atoms with van der Waals surface area (Å²) in [5.74, 6) is 0. The Hall–Kier alpha value is -1.10. The van der Waals surface area contributed by atoms with Crippen molar-refractivity contribution in [3.8, 4) is 0 Å². The van der Waals surface area contributed by atoms with E-state index in [9.17, 15) is 10.2 Å². The summed E-state index contributed by atoms with van der Waals surface area (Å²) in [7, 11) is 0. The van der Waals surface area contributed by atoms with Gasteiger partial charge in [0, 0.05) is 29.2 Å². The fourth-order valence-electron chi connectivity index (χ4n) is 3.43. The molecular formula is C20H23Cl2NO2. The number of piperidine rings is 1. The molecular weight excluding hydrogens is 357 g/mol. The molecule has 0 spiro atoms. The Balaban J connectivity index is 1.66. The number of likely N-dealkylation sites (tertiary alicyclic amines) is 1. The highest BCUT2D eigenvalue weighted by molar-refractivity contribution is 6.30. The van der Waals surface area contributed by atoms with E-state index in [4.69, 9.17) is 23.2 Å². The molecule has 1 heterocycles. The molecule has 1 aliphatic heterocycles. The minimum Gasteiger partial charge on any atom is -0.393 e. The van der Waals surface area contributed by atoms with Gasteiger partial charge in [-0.05, 0) is 54.7 Å². The minimum atomic E-state index is -0.519. The van der Waals surface area contributed by atoms with Gasteiger partial charge in [0.1, 0.15) is 0 Å². The zero-order valence-corrected chi connectivity index (χ0v) is 15.5. The van der Waals surface area contributed by atoms with E-state index in [2.05, 4.69) is 4.90 Å². The Bertz CT molecular complexity index is 675. The van der Waals surface area contributed by atoms with Crippen LogP contribution in [0.2, 0.25) is 10.0 Å². The fourth-order valence-corrected chi connectivity index (χ4v) is 3.69. The van der Waals surface area contributed by atoms with Gasteiger partial charge in [-0.2, -0.15) is 0 Å². The van der Waals surface area contributed by atoms with Crippen molar-refractivity contribution in [2.75, 3.05) is 13.1 Å². The van der Waals surface area contributed by atoms with E-state index in [0.717, 1.165) is 30.6 Å². The van der Waals surface area contributed by atoms with E-state index in [-0.39, 0.29) is 12.1 Å². The molecule has 0 bridgehead atoms. The van der Waals surface area contributed by atoms with Gasteiger partial charge in [-0.25, -0.2) is 0 Å². The zero-order chi connectivity index (χ0) is 17.8. The number of aliphatic hydroxyl groups is 2. The molecule has 0 saturated carbocycles. The molecule has 2 N–H and O–H groups in total. The van der Waals surface area contributed by atoms with Crippen molar-refractivity contribution in [3.63, 3.8) is 0 Å². The Labute approximate surface area is 158 Å². The summed E-state index contributed by atoms with van der Waals surface area (Å²) in [5, 5.41) is 21.9. The first-order valence-electron chi connectivity index (χ1n) is 8.64. The number of aliphatic hydroxyl groups excluding tert-OH is 2. The maximum Gasteiger partial charge on any atom is 0.0802 e. The third kappa shape index (κ3) is 4.96. The molecule has 0 aromatic heterocycles. The predicted octanol–water partition coefficient (Wildman–Crippen LogP) is 4.61. The first-order chi connectivity index (χ1) is 12.0. The van der Waals surface area contributed by atoms with Crippen LogP contribution in [0.1, 0.15) is 42.5 Å². The lowest BCUT2D eigenvalue weighted by Crippen LogP contribution is -2.39. The Morgan fingerprint density at radius 1 is 1.00 bits per heavy atom. The first kappa shape index (κ1) is 18.7. The molecule has 2 aromatic rings. The standard InChI is InChI=1S/C20H23Cl2NO2/c21-16-5-1-14(2-6-16)19-13-18(24)9-11-23(19)12-10-20(25)15-3-7-17(22)8-4-15/h1-8,18-20,24-25H,9-13H2.